The Morgan fingerprint density at radius 2 is 1.89 bits per heavy atom. The van der Waals surface area contributed by atoms with Gasteiger partial charge in [0.05, 0.1) is 40.4 Å². The molecule has 0 saturated heterocycles. The first-order valence-electron chi connectivity index (χ1n) is 12.1. The van der Waals surface area contributed by atoms with Gasteiger partial charge in [-0.25, -0.2) is 18.7 Å². The number of fused-ring (bicyclic) bond motifs is 5. The van der Waals surface area contributed by atoms with Gasteiger partial charge in [0.1, 0.15) is 29.3 Å². The molecule has 3 aromatic heterocycles. The number of aromatic nitrogens is 5. The molecule has 0 radical (unpaired) electrons. The van der Waals surface area contributed by atoms with Gasteiger partial charge in [-0.3, -0.25) is 4.98 Å². The van der Waals surface area contributed by atoms with Gasteiger partial charge in [0.15, 0.2) is 0 Å². The number of hydrogen-bond donors (Lipinski definition) is 1. The lowest BCUT2D eigenvalue weighted by Gasteiger charge is -2.37. The van der Waals surface area contributed by atoms with Crippen LogP contribution in [-0.2, 0) is 5.41 Å². The highest BCUT2D eigenvalue weighted by molar-refractivity contribution is 5.64. The number of aliphatic hydroxyl groups excluding tert-OH is 1. The maximum absolute atomic E-state index is 14.5. The highest BCUT2D eigenvalue weighted by Gasteiger charge is 2.65. The van der Waals surface area contributed by atoms with Crippen LogP contribution in [0.5, 0.6) is 0 Å². The second-order valence-electron chi connectivity index (χ2n) is 10.1. The van der Waals surface area contributed by atoms with E-state index in [1.165, 1.54) is 24.5 Å². The second kappa shape index (κ2) is 7.96. The molecule has 1 aromatic carbocycles. The predicted molar refractivity (Wildman–Crippen MR) is 127 cm³/mol. The van der Waals surface area contributed by atoms with Gasteiger partial charge < -0.3 is 9.52 Å². The molecule has 0 spiro atoms. The van der Waals surface area contributed by atoms with Crippen LogP contribution in [0.3, 0.4) is 0 Å². The molecule has 184 valence electrons. The molecular formula is C27H25F2N5O2. The Labute approximate surface area is 206 Å². The van der Waals surface area contributed by atoms with Crippen LogP contribution in [0.25, 0.3) is 22.8 Å². The van der Waals surface area contributed by atoms with Crippen molar-refractivity contribution in [3.63, 3.8) is 0 Å². The zero-order valence-corrected chi connectivity index (χ0v) is 20.2. The van der Waals surface area contributed by atoms with Crippen LogP contribution in [0.4, 0.5) is 8.78 Å². The van der Waals surface area contributed by atoms with Crippen molar-refractivity contribution in [3.8, 4) is 22.8 Å². The summed E-state index contributed by atoms with van der Waals surface area (Å²) < 4.78 is 34.6. The standard InChI is InChI=1S/C27H25F2N5O2/c1-4-21(35)20-13-36-25(32-20)19-11-30-12-22(31-19)27-9-8-15(26(27,2)3)14-10-18(33-34-24(14)27)23-16(28)6-5-7-17(23)29/h5-7,10-13,15,21,35H,4,8-9H2,1-3H3/t15-,21+,27-/m0/s1. The Hall–Kier alpha value is -3.59. The Bertz CT molecular complexity index is 1470. The number of halogens is 2. The number of rotatable bonds is 5. The fraction of sp³-hybridized carbons (Fsp3) is 0.370. The molecular weight excluding hydrogens is 464 g/mol. The lowest BCUT2D eigenvalue weighted by atomic mass is 9.66. The van der Waals surface area contributed by atoms with Crippen molar-refractivity contribution in [1.82, 2.24) is 25.1 Å². The maximum atomic E-state index is 14.5. The summed E-state index contributed by atoms with van der Waals surface area (Å²) in [7, 11) is 0. The largest absolute Gasteiger partial charge is 0.443 e. The van der Waals surface area contributed by atoms with Gasteiger partial charge in [-0.05, 0) is 54.4 Å². The van der Waals surface area contributed by atoms with E-state index in [1.807, 2.05) is 6.92 Å². The minimum absolute atomic E-state index is 0.120. The van der Waals surface area contributed by atoms with E-state index >= 15 is 0 Å². The molecule has 3 atom stereocenters. The van der Waals surface area contributed by atoms with Crippen molar-refractivity contribution in [2.24, 2.45) is 5.41 Å². The summed E-state index contributed by atoms with van der Waals surface area (Å²) >= 11 is 0. The van der Waals surface area contributed by atoms with Gasteiger partial charge in [0.25, 0.3) is 0 Å². The van der Waals surface area contributed by atoms with Crippen molar-refractivity contribution in [3.05, 3.63) is 77.2 Å². The molecule has 0 unspecified atom stereocenters. The Balaban J connectivity index is 1.47. The lowest BCUT2D eigenvalue weighted by molar-refractivity contribution is 0.169. The highest BCUT2D eigenvalue weighted by Crippen LogP contribution is 2.69. The molecule has 2 aliphatic carbocycles. The van der Waals surface area contributed by atoms with E-state index < -0.39 is 23.2 Å². The molecule has 2 bridgehead atoms. The summed E-state index contributed by atoms with van der Waals surface area (Å²) in [4.78, 5) is 13.8. The van der Waals surface area contributed by atoms with E-state index in [2.05, 4.69) is 34.0 Å². The summed E-state index contributed by atoms with van der Waals surface area (Å²) in [5.41, 5.74) is 2.49. The first-order chi connectivity index (χ1) is 17.3. The van der Waals surface area contributed by atoms with E-state index in [0.717, 1.165) is 29.8 Å². The summed E-state index contributed by atoms with van der Waals surface area (Å²) in [6.07, 6.45) is 6.23. The monoisotopic (exact) mass is 489 g/mol. The molecule has 1 N–H and O–H groups in total. The molecule has 0 amide bonds. The van der Waals surface area contributed by atoms with Crippen LogP contribution in [-0.4, -0.2) is 30.3 Å². The van der Waals surface area contributed by atoms with Crippen LogP contribution in [0.1, 0.15) is 74.7 Å². The molecule has 4 aromatic rings. The van der Waals surface area contributed by atoms with E-state index in [4.69, 9.17) is 9.40 Å². The quantitative estimate of drug-likeness (QED) is 0.395. The average molecular weight is 490 g/mol. The van der Waals surface area contributed by atoms with Gasteiger partial charge in [-0.1, -0.05) is 26.8 Å². The van der Waals surface area contributed by atoms with E-state index in [9.17, 15) is 13.9 Å². The second-order valence-corrected chi connectivity index (χ2v) is 10.1. The molecule has 3 heterocycles. The zero-order chi connectivity index (χ0) is 25.2. The molecule has 7 nitrogen and oxygen atoms in total. The molecule has 6 rings (SSSR count). The van der Waals surface area contributed by atoms with Crippen molar-refractivity contribution in [2.75, 3.05) is 0 Å². The topological polar surface area (TPSA) is 97.8 Å². The number of hydrogen-bond acceptors (Lipinski definition) is 7. The molecule has 9 heteroatoms. The van der Waals surface area contributed by atoms with Crippen LogP contribution in [0, 0.1) is 17.0 Å². The minimum Gasteiger partial charge on any atom is -0.443 e. The van der Waals surface area contributed by atoms with Crippen molar-refractivity contribution in [1.29, 1.82) is 0 Å². The van der Waals surface area contributed by atoms with E-state index in [0.29, 0.717) is 17.8 Å². The SMILES string of the molecule is CC[C@@H](O)c1coc(-c2cncc([C@@]34CC[C@@H](c5cc(-c6c(F)cccc6F)nnc53)C4(C)C)n2)n1. The zero-order valence-electron chi connectivity index (χ0n) is 20.2. The van der Waals surface area contributed by atoms with Gasteiger partial charge in [0, 0.05) is 6.20 Å². The normalized spacial score (nSPS) is 22.6. The Morgan fingerprint density at radius 3 is 2.64 bits per heavy atom. The van der Waals surface area contributed by atoms with Gasteiger partial charge in [-0.2, -0.15) is 5.10 Å². The van der Waals surface area contributed by atoms with Gasteiger partial charge in [-0.15, -0.1) is 5.10 Å². The number of oxazole rings is 1. The molecule has 36 heavy (non-hydrogen) atoms. The lowest BCUT2D eigenvalue weighted by Crippen LogP contribution is -2.38. The fourth-order valence-electron chi connectivity index (χ4n) is 6.20. The Morgan fingerprint density at radius 1 is 1.11 bits per heavy atom. The highest BCUT2D eigenvalue weighted by atomic mass is 19.1. The number of benzene rings is 1. The molecule has 0 aliphatic heterocycles. The van der Waals surface area contributed by atoms with E-state index in [1.54, 1.807) is 18.5 Å². The van der Waals surface area contributed by atoms with Gasteiger partial charge in [0.2, 0.25) is 5.89 Å². The summed E-state index contributed by atoms with van der Waals surface area (Å²) in [5.74, 6) is -0.933. The molecule has 2 aliphatic rings. The maximum Gasteiger partial charge on any atom is 0.247 e. The van der Waals surface area contributed by atoms with Crippen LogP contribution < -0.4 is 0 Å². The first-order valence-corrected chi connectivity index (χ1v) is 12.1. The van der Waals surface area contributed by atoms with Crippen molar-refractivity contribution >= 4 is 0 Å². The average Bonchev–Trinajstić information content (AvgIpc) is 3.52. The number of aliphatic hydroxyl groups is 1. The Kier molecular flexibility index (Phi) is 5.05. The minimum atomic E-state index is -0.711. The third-order valence-corrected chi connectivity index (χ3v) is 8.14. The summed E-state index contributed by atoms with van der Waals surface area (Å²) in [6, 6.07) is 5.56. The fourth-order valence-corrected chi connectivity index (χ4v) is 6.20. The molecule has 1 fully saturated rings. The third-order valence-electron chi connectivity index (χ3n) is 8.14. The van der Waals surface area contributed by atoms with Gasteiger partial charge >= 0.3 is 0 Å². The van der Waals surface area contributed by atoms with Crippen molar-refractivity contribution < 1.29 is 18.3 Å². The predicted octanol–water partition coefficient (Wildman–Crippen LogP) is 5.51. The van der Waals surface area contributed by atoms with Crippen molar-refractivity contribution in [2.45, 2.75) is 57.5 Å². The number of nitrogens with zero attached hydrogens (tertiary/aromatic N) is 5. The summed E-state index contributed by atoms with van der Waals surface area (Å²) in [6.45, 7) is 6.21. The van der Waals surface area contributed by atoms with Crippen LogP contribution >= 0.6 is 0 Å². The first kappa shape index (κ1) is 22.8. The van der Waals surface area contributed by atoms with Crippen LogP contribution in [0.15, 0.2) is 47.3 Å². The van der Waals surface area contributed by atoms with E-state index in [-0.39, 0.29) is 28.5 Å². The molecule has 1 saturated carbocycles. The third kappa shape index (κ3) is 3.01. The van der Waals surface area contributed by atoms with Crippen LogP contribution in [0.2, 0.25) is 0 Å². The summed E-state index contributed by atoms with van der Waals surface area (Å²) in [5, 5.41) is 18.9. The smallest absolute Gasteiger partial charge is 0.247 e.